The van der Waals surface area contributed by atoms with E-state index in [1.165, 1.54) is 18.2 Å². The first-order chi connectivity index (χ1) is 13.5. The molecular formula is C18H26N4O6S. The van der Waals surface area contributed by atoms with E-state index in [1.807, 2.05) is 0 Å². The summed E-state index contributed by atoms with van der Waals surface area (Å²) < 4.78 is 26.7. The molecule has 1 aromatic heterocycles. The van der Waals surface area contributed by atoms with E-state index in [1.54, 1.807) is 13.8 Å². The second-order valence-electron chi connectivity index (χ2n) is 7.31. The number of pyridine rings is 1. The molecule has 1 aliphatic heterocycles. The second-order valence-corrected chi connectivity index (χ2v) is 9.20. The number of Topliss-reactive ketones (excluding diaryl/α,β-unsaturated/α-hetero) is 1. The summed E-state index contributed by atoms with van der Waals surface area (Å²) in [6, 6.07) is 3.19. The average Bonchev–Trinajstić information content (AvgIpc) is 2.83. The normalized spacial score (nSPS) is 20.5. The predicted octanol–water partition coefficient (Wildman–Crippen LogP) is -0.694. The molecule has 3 unspecified atom stereocenters. The van der Waals surface area contributed by atoms with Gasteiger partial charge in [0.15, 0.2) is 12.0 Å². The first-order valence-corrected chi connectivity index (χ1v) is 10.8. The van der Waals surface area contributed by atoms with Crippen molar-refractivity contribution in [3.05, 3.63) is 29.6 Å². The minimum Gasteiger partial charge on any atom is -0.618 e. The van der Waals surface area contributed by atoms with Crippen LogP contribution in [0.2, 0.25) is 0 Å². The maximum absolute atomic E-state index is 12.8. The zero-order chi connectivity index (χ0) is 21.8. The number of carbonyl (C=O) groups excluding carboxylic acids is 3. The Bertz CT molecular complexity index is 888. The molecule has 1 aliphatic rings. The number of primary amides is 1. The molecule has 0 spiro atoms. The smallest absolute Gasteiger partial charge is 0.323 e. The molecule has 160 valence electrons. The number of amides is 2. The van der Waals surface area contributed by atoms with Gasteiger partial charge < -0.3 is 16.3 Å². The van der Waals surface area contributed by atoms with Gasteiger partial charge in [0.25, 0.3) is 0 Å². The van der Waals surface area contributed by atoms with Gasteiger partial charge in [-0.15, -0.1) is 0 Å². The van der Waals surface area contributed by atoms with Gasteiger partial charge >= 0.3 is 15.0 Å². The van der Waals surface area contributed by atoms with Crippen molar-refractivity contribution in [2.75, 3.05) is 13.1 Å². The molecule has 0 aromatic carbocycles. The first kappa shape index (κ1) is 22.8. The largest absolute Gasteiger partial charge is 0.618 e. The van der Waals surface area contributed by atoms with Crippen molar-refractivity contribution in [2.45, 2.75) is 44.2 Å². The molecule has 0 bridgehead atoms. The molecule has 2 rings (SSSR count). The van der Waals surface area contributed by atoms with Gasteiger partial charge in [-0.1, -0.05) is 13.8 Å². The fourth-order valence-corrected chi connectivity index (χ4v) is 4.64. The standard InChI is InChI=1S/C18H26N4O6S/c1-12(17(19)24)10-13(2)18(25)20-14-6-5-8-21(11-15(14)23)29(27,28)16-7-3-4-9-22(16)26/h3-4,7,9,12-14H,5-6,8,10-11H2,1-2H3,(H2,19,24)(H,20,25). The fourth-order valence-electron chi connectivity index (χ4n) is 3.17. The Hall–Kier alpha value is -2.53. The monoisotopic (exact) mass is 426 g/mol. The van der Waals surface area contributed by atoms with Gasteiger partial charge in [0.1, 0.15) is 0 Å². The average molecular weight is 426 g/mol. The molecule has 2 heterocycles. The summed E-state index contributed by atoms with van der Waals surface area (Å²) in [5.41, 5.74) is 5.21. The van der Waals surface area contributed by atoms with Crippen LogP contribution in [0.3, 0.4) is 0 Å². The number of ketones is 1. The van der Waals surface area contributed by atoms with E-state index in [4.69, 9.17) is 5.73 Å². The zero-order valence-electron chi connectivity index (χ0n) is 16.4. The van der Waals surface area contributed by atoms with Crippen molar-refractivity contribution < 1.29 is 27.5 Å². The SMILES string of the molecule is CC(CC(C)C(=O)NC1CCCN(S(=O)(=O)c2cccc[n+]2[O-])CC1=O)C(N)=O. The molecule has 2 amide bonds. The van der Waals surface area contributed by atoms with Crippen molar-refractivity contribution in [2.24, 2.45) is 17.6 Å². The lowest BCUT2D eigenvalue weighted by atomic mass is 9.95. The summed E-state index contributed by atoms with van der Waals surface area (Å²) >= 11 is 0. The molecule has 3 N–H and O–H groups in total. The molecule has 11 heteroatoms. The van der Waals surface area contributed by atoms with E-state index in [2.05, 4.69) is 5.32 Å². The lowest BCUT2D eigenvalue weighted by Crippen LogP contribution is -2.47. The van der Waals surface area contributed by atoms with Gasteiger partial charge in [-0.25, -0.2) is 8.42 Å². The molecule has 1 saturated heterocycles. The summed E-state index contributed by atoms with van der Waals surface area (Å²) in [5.74, 6) is -2.37. The van der Waals surface area contributed by atoms with Crippen molar-refractivity contribution in [3.63, 3.8) is 0 Å². The predicted molar refractivity (Wildman–Crippen MR) is 102 cm³/mol. The Kier molecular flexibility index (Phi) is 7.31. The van der Waals surface area contributed by atoms with Crippen LogP contribution in [0.25, 0.3) is 0 Å². The number of aromatic nitrogens is 1. The molecule has 3 atom stereocenters. The van der Waals surface area contributed by atoms with Crippen LogP contribution in [-0.2, 0) is 24.4 Å². The van der Waals surface area contributed by atoms with E-state index in [0.29, 0.717) is 6.42 Å². The van der Waals surface area contributed by atoms with E-state index in [-0.39, 0.29) is 24.1 Å². The lowest BCUT2D eigenvalue weighted by Gasteiger charge is -2.20. The number of hydrogen-bond acceptors (Lipinski definition) is 6. The van der Waals surface area contributed by atoms with Crippen molar-refractivity contribution >= 4 is 27.6 Å². The Labute approximate surface area is 169 Å². The Morgan fingerprint density at radius 3 is 2.66 bits per heavy atom. The van der Waals surface area contributed by atoms with Crippen LogP contribution in [0.4, 0.5) is 0 Å². The van der Waals surface area contributed by atoms with Crippen LogP contribution in [0, 0.1) is 17.0 Å². The molecule has 0 aliphatic carbocycles. The summed E-state index contributed by atoms with van der Waals surface area (Å²) in [5, 5.41) is 14.0. The summed E-state index contributed by atoms with van der Waals surface area (Å²) in [6.45, 7) is 2.88. The Morgan fingerprint density at radius 1 is 1.34 bits per heavy atom. The molecular weight excluding hydrogens is 400 g/mol. The third-order valence-electron chi connectivity index (χ3n) is 4.97. The number of carbonyl (C=O) groups is 3. The molecule has 1 aromatic rings. The van der Waals surface area contributed by atoms with Crippen molar-refractivity contribution in [1.29, 1.82) is 0 Å². The maximum Gasteiger partial charge on any atom is 0.323 e. The lowest BCUT2D eigenvalue weighted by molar-refractivity contribution is -0.646. The maximum atomic E-state index is 12.8. The van der Waals surface area contributed by atoms with Crippen molar-refractivity contribution in [1.82, 2.24) is 9.62 Å². The van der Waals surface area contributed by atoms with Crippen molar-refractivity contribution in [3.8, 4) is 0 Å². The zero-order valence-corrected chi connectivity index (χ0v) is 17.2. The Morgan fingerprint density at radius 2 is 2.03 bits per heavy atom. The third kappa shape index (κ3) is 5.51. The van der Waals surface area contributed by atoms with Crippen LogP contribution in [0.5, 0.6) is 0 Å². The highest BCUT2D eigenvalue weighted by Gasteiger charge is 2.37. The highest BCUT2D eigenvalue weighted by Crippen LogP contribution is 2.18. The van der Waals surface area contributed by atoms with Crippen LogP contribution in [0.15, 0.2) is 29.4 Å². The Balaban J connectivity index is 2.06. The number of nitrogens with zero attached hydrogens (tertiary/aromatic N) is 2. The van der Waals surface area contributed by atoms with E-state index in [0.717, 1.165) is 10.5 Å². The second kappa shape index (κ2) is 9.31. The summed E-state index contributed by atoms with van der Waals surface area (Å²) in [4.78, 5) is 36.1. The van der Waals surface area contributed by atoms with Gasteiger partial charge in [0.2, 0.25) is 11.8 Å². The third-order valence-corrected chi connectivity index (χ3v) is 6.81. The highest BCUT2D eigenvalue weighted by molar-refractivity contribution is 7.89. The van der Waals surface area contributed by atoms with Crippen LogP contribution in [-0.4, -0.2) is 49.5 Å². The number of sulfonamides is 1. The number of nitrogens with two attached hydrogens (primary N) is 1. The molecule has 29 heavy (non-hydrogen) atoms. The fraction of sp³-hybridized carbons (Fsp3) is 0.556. The van der Waals surface area contributed by atoms with Gasteiger partial charge in [-0.3, -0.25) is 14.4 Å². The van der Waals surface area contributed by atoms with E-state index >= 15 is 0 Å². The quantitative estimate of drug-likeness (QED) is 0.434. The highest BCUT2D eigenvalue weighted by atomic mass is 32.2. The number of rotatable bonds is 7. The van der Waals surface area contributed by atoms with E-state index in [9.17, 15) is 28.0 Å². The van der Waals surface area contributed by atoms with Crippen LogP contribution < -0.4 is 15.8 Å². The molecule has 1 fully saturated rings. The van der Waals surface area contributed by atoms with Crippen LogP contribution >= 0.6 is 0 Å². The van der Waals surface area contributed by atoms with Crippen LogP contribution in [0.1, 0.15) is 33.1 Å². The number of hydrogen-bond donors (Lipinski definition) is 2. The van der Waals surface area contributed by atoms with Gasteiger partial charge in [-0.2, -0.15) is 9.04 Å². The van der Waals surface area contributed by atoms with E-state index < -0.39 is 57.1 Å². The summed E-state index contributed by atoms with van der Waals surface area (Å²) in [6.07, 6.45) is 1.94. The molecule has 0 radical (unpaired) electrons. The minimum atomic E-state index is -4.14. The first-order valence-electron chi connectivity index (χ1n) is 9.34. The minimum absolute atomic E-state index is 0.0591. The van der Waals surface area contributed by atoms with Gasteiger partial charge in [0.05, 0.1) is 12.6 Å². The summed E-state index contributed by atoms with van der Waals surface area (Å²) in [7, 11) is -4.14. The van der Waals surface area contributed by atoms with Gasteiger partial charge in [-0.05, 0) is 25.3 Å². The molecule has 0 saturated carbocycles. The molecule has 10 nitrogen and oxygen atoms in total. The van der Waals surface area contributed by atoms with Gasteiger partial charge in [0, 0.05) is 30.5 Å². The number of nitrogens with one attached hydrogen (secondary N) is 1. The topological polar surface area (TPSA) is 154 Å².